The predicted molar refractivity (Wildman–Crippen MR) is 90.7 cm³/mol. The van der Waals surface area contributed by atoms with E-state index < -0.39 is 22.0 Å². The number of rotatable bonds is 4. The minimum atomic E-state index is -0.733. The molecule has 1 aliphatic rings. The van der Waals surface area contributed by atoms with Crippen molar-refractivity contribution < 1.29 is 14.5 Å². The Kier molecular flexibility index (Phi) is 5.14. The summed E-state index contributed by atoms with van der Waals surface area (Å²) in [6.45, 7) is 1.60. The average Bonchev–Trinajstić information content (AvgIpc) is 2.79. The fourth-order valence-corrected chi connectivity index (χ4v) is 2.87. The number of thioether (sulfide) groups is 1. The number of anilines is 1. The highest BCUT2D eigenvalue weighted by atomic mass is 32.2. The molecular formula is C13H14N6O4S. The molecule has 1 unspecified atom stereocenters. The van der Waals surface area contributed by atoms with Crippen LogP contribution in [0.15, 0.2) is 28.2 Å². The molecule has 1 aromatic rings. The number of benzene rings is 1. The maximum atomic E-state index is 12.0. The summed E-state index contributed by atoms with van der Waals surface area (Å²) in [7, 11) is 0. The van der Waals surface area contributed by atoms with Gasteiger partial charge in [-0.15, -0.1) is 0 Å². The molecule has 1 aliphatic heterocycles. The Morgan fingerprint density at radius 3 is 2.83 bits per heavy atom. The van der Waals surface area contributed by atoms with Gasteiger partial charge in [-0.3, -0.25) is 19.7 Å². The van der Waals surface area contributed by atoms with Crippen molar-refractivity contribution in [3.8, 4) is 0 Å². The zero-order chi connectivity index (χ0) is 17.9. The molecule has 5 N–H and O–H groups in total. The number of nitro groups is 1. The molecule has 0 aromatic heterocycles. The van der Waals surface area contributed by atoms with Gasteiger partial charge in [0.2, 0.25) is 5.91 Å². The highest BCUT2D eigenvalue weighted by Gasteiger charge is 2.30. The van der Waals surface area contributed by atoms with E-state index in [0.717, 1.165) is 11.8 Å². The number of hydrogen-bond acceptors (Lipinski definition) is 6. The topological polar surface area (TPSA) is 166 Å². The lowest BCUT2D eigenvalue weighted by Crippen LogP contribution is -2.23. The molecule has 2 rings (SSSR count). The maximum absolute atomic E-state index is 12.0. The van der Waals surface area contributed by atoms with Gasteiger partial charge in [0.1, 0.15) is 5.25 Å². The fraction of sp³-hybridized carbons (Fsp3) is 0.231. The van der Waals surface area contributed by atoms with E-state index in [0.29, 0.717) is 5.56 Å². The van der Waals surface area contributed by atoms with E-state index in [1.165, 1.54) is 12.1 Å². The highest BCUT2D eigenvalue weighted by Crippen LogP contribution is 2.27. The minimum Gasteiger partial charge on any atom is -0.370 e. The number of nitro benzene ring substituents is 1. The highest BCUT2D eigenvalue weighted by molar-refractivity contribution is 8.15. The third-order valence-corrected chi connectivity index (χ3v) is 4.06. The van der Waals surface area contributed by atoms with Crippen LogP contribution in [0, 0.1) is 17.0 Å². The van der Waals surface area contributed by atoms with Gasteiger partial charge in [0.25, 0.3) is 11.6 Å². The number of nitrogens with two attached hydrogens (primary N) is 2. The summed E-state index contributed by atoms with van der Waals surface area (Å²) in [5.74, 6) is -1.21. The molecule has 0 radical (unpaired) electrons. The number of nitrogens with one attached hydrogen (secondary N) is 1. The SMILES string of the molecule is Cc1ccc(NC(=O)CC2SC(N=C(N)N)=NC2=O)cc1[N+](=O)[O-]. The number of amidine groups is 1. The first kappa shape index (κ1) is 17.4. The Morgan fingerprint density at radius 1 is 1.50 bits per heavy atom. The molecule has 1 heterocycles. The number of aliphatic imine (C=N–C) groups is 2. The van der Waals surface area contributed by atoms with Crippen LogP contribution in [0.3, 0.4) is 0 Å². The first-order valence-corrected chi connectivity index (χ1v) is 7.58. The summed E-state index contributed by atoms with van der Waals surface area (Å²) in [5, 5.41) is 12.8. The molecule has 0 aliphatic carbocycles. The first-order chi connectivity index (χ1) is 11.3. The molecular weight excluding hydrogens is 336 g/mol. The third-order valence-electron chi connectivity index (χ3n) is 3.01. The lowest BCUT2D eigenvalue weighted by atomic mass is 10.2. The van der Waals surface area contributed by atoms with E-state index >= 15 is 0 Å². The second-order valence-electron chi connectivity index (χ2n) is 4.89. The van der Waals surface area contributed by atoms with Crippen LogP contribution < -0.4 is 16.8 Å². The van der Waals surface area contributed by atoms with Crippen LogP contribution in [0.4, 0.5) is 11.4 Å². The number of guanidine groups is 1. The van der Waals surface area contributed by atoms with Gasteiger partial charge in [-0.05, 0) is 13.0 Å². The molecule has 24 heavy (non-hydrogen) atoms. The number of aryl methyl sites for hydroxylation is 1. The molecule has 126 valence electrons. The van der Waals surface area contributed by atoms with Gasteiger partial charge in [-0.2, -0.15) is 9.98 Å². The lowest BCUT2D eigenvalue weighted by Gasteiger charge is -2.08. The zero-order valence-electron chi connectivity index (χ0n) is 12.6. The van der Waals surface area contributed by atoms with Crippen LogP contribution in [0.1, 0.15) is 12.0 Å². The number of amides is 2. The van der Waals surface area contributed by atoms with Crippen molar-refractivity contribution >= 4 is 46.1 Å². The van der Waals surface area contributed by atoms with Crippen molar-refractivity contribution in [1.29, 1.82) is 0 Å². The number of carbonyl (C=O) groups is 2. The first-order valence-electron chi connectivity index (χ1n) is 6.70. The minimum absolute atomic E-state index is 0.0995. The molecule has 0 bridgehead atoms. The monoisotopic (exact) mass is 350 g/mol. The van der Waals surface area contributed by atoms with Crippen LogP contribution in [-0.2, 0) is 9.59 Å². The summed E-state index contributed by atoms with van der Waals surface area (Å²) < 4.78 is 0. The normalized spacial score (nSPS) is 16.5. The van der Waals surface area contributed by atoms with Gasteiger partial charge in [-0.1, -0.05) is 17.8 Å². The van der Waals surface area contributed by atoms with Crippen molar-refractivity contribution in [3.63, 3.8) is 0 Å². The summed E-state index contributed by atoms with van der Waals surface area (Å²) in [5.41, 5.74) is 11.1. The second-order valence-corrected chi connectivity index (χ2v) is 6.06. The summed E-state index contributed by atoms with van der Waals surface area (Å²) in [6.07, 6.45) is -0.155. The van der Waals surface area contributed by atoms with E-state index in [1.54, 1.807) is 13.0 Å². The quantitative estimate of drug-likeness (QED) is 0.307. The third kappa shape index (κ3) is 4.29. The van der Waals surface area contributed by atoms with Crippen LogP contribution in [-0.4, -0.2) is 33.1 Å². The van der Waals surface area contributed by atoms with Crippen LogP contribution in [0.25, 0.3) is 0 Å². The Bertz CT molecular complexity index is 772. The van der Waals surface area contributed by atoms with Crippen molar-refractivity contribution in [2.75, 3.05) is 5.32 Å². The molecule has 0 saturated heterocycles. The van der Waals surface area contributed by atoms with E-state index in [4.69, 9.17) is 11.5 Å². The Morgan fingerprint density at radius 2 is 2.21 bits per heavy atom. The van der Waals surface area contributed by atoms with E-state index in [1.807, 2.05) is 0 Å². The second kappa shape index (κ2) is 7.08. The van der Waals surface area contributed by atoms with Crippen molar-refractivity contribution in [3.05, 3.63) is 33.9 Å². The van der Waals surface area contributed by atoms with Crippen LogP contribution >= 0.6 is 11.8 Å². The van der Waals surface area contributed by atoms with Gasteiger partial charge in [0, 0.05) is 23.7 Å². The standard InChI is InChI=1S/C13H14N6O4S/c1-6-2-3-7(4-8(6)19(22)23)16-10(20)5-9-11(21)17-13(24-9)18-12(14)15/h2-4,9H,5H2,1H3,(H,16,20)(H4,14,15,17,18,21). The van der Waals surface area contributed by atoms with Crippen LogP contribution in [0.2, 0.25) is 0 Å². The number of hydrogen-bond donors (Lipinski definition) is 3. The van der Waals surface area contributed by atoms with Gasteiger partial charge in [-0.25, -0.2) is 0 Å². The van der Waals surface area contributed by atoms with Gasteiger partial charge in [0.05, 0.1) is 4.92 Å². The van der Waals surface area contributed by atoms with Gasteiger partial charge < -0.3 is 16.8 Å². The Labute approximate surface area is 140 Å². The van der Waals surface area contributed by atoms with Crippen molar-refractivity contribution in [2.24, 2.45) is 21.5 Å². The van der Waals surface area contributed by atoms with Crippen LogP contribution in [0.5, 0.6) is 0 Å². The molecule has 0 fully saturated rings. The Hall–Kier alpha value is -2.95. The summed E-state index contributed by atoms with van der Waals surface area (Å²) in [6, 6.07) is 4.34. The van der Waals surface area contributed by atoms with Crippen molar-refractivity contribution in [2.45, 2.75) is 18.6 Å². The van der Waals surface area contributed by atoms with Gasteiger partial charge in [0.15, 0.2) is 11.1 Å². The molecule has 1 atom stereocenters. The number of carbonyl (C=O) groups excluding carboxylic acids is 2. The zero-order valence-corrected chi connectivity index (χ0v) is 13.4. The molecule has 0 saturated carbocycles. The molecule has 1 aromatic carbocycles. The van der Waals surface area contributed by atoms with E-state index in [2.05, 4.69) is 15.3 Å². The maximum Gasteiger partial charge on any atom is 0.274 e. The van der Waals surface area contributed by atoms with Crippen molar-refractivity contribution in [1.82, 2.24) is 0 Å². The molecule has 10 nitrogen and oxygen atoms in total. The van der Waals surface area contributed by atoms with E-state index in [9.17, 15) is 19.7 Å². The average molecular weight is 350 g/mol. The molecule has 11 heteroatoms. The lowest BCUT2D eigenvalue weighted by molar-refractivity contribution is -0.385. The smallest absolute Gasteiger partial charge is 0.274 e. The Balaban J connectivity index is 2.00. The predicted octanol–water partition coefficient (Wildman–Crippen LogP) is 0.503. The largest absolute Gasteiger partial charge is 0.370 e. The molecule has 2 amide bonds. The molecule has 0 spiro atoms. The number of nitrogens with zero attached hydrogens (tertiary/aromatic N) is 3. The van der Waals surface area contributed by atoms with Gasteiger partial charge >= 0.3 is 0 Å². The summed E-state index contributed by atoms with van der Waals surface area (Å²) >= 11 is 0.980. The van der Waals surface area contributed by atoms with E-state index in [-0.39, 0.29) is 28.9 Å². The fourth-order valence-electron chi connectivity index (χ4n) is 1.93. The summed E-state index contributed by atoms with van der Waals surface area (Å²) in [4.78, 5) is 41.4.